The lowest BCUT2D eigenvalue weighted by Gasteiger charge is -2.18. The molecule has 4 N–H and O–H groups in total. The molecule has 0 spiro atoms. The summed E-state index contributed by atoms with van der Waals surface area (Å²) >= 11 is 1.66. The zero-order chi connectivity index (χ0) is 28.9. The Morgan fingerprint density at radius 1 is 1.00 bits per heavy atom. The van der Waals surface area contributed by atoms with Crippen LogP contribution in [0.2, 0.25) is 0 Å². The van der Waals surface area contributed by atoms with Crippen LogP contribution < -0.4 is 20.7 Å². The van der Waals surface area contributed by atoms with E-state index in [0.717, 1.165) is 23.9 Å². The highest BCUT2D eigenvalue weighted by Crippen LogP contribution is 2.31. The van der Waals surface area contributed by atoms with Gasteiger partial charge in [-0.2, -0.15) is 4.99 Å². The lowest BCUT2D eigenvalue weighted by Crippen LogP contribution is -2.22. The lowest BCUT2D eigenvalue weighted by atomic mass is 9.88. The van der Waals surface area contributed by atoms with E-state index in [1.165, 1.54) is 65.4 Å². The van der Waals surface area contributed by atoms with Crippen molar-refractivity contribution >= 4 is 45.9 Å². The van der Waals surface area contributed by atoms with E-state index < -0.39 is 0 Å². The summed E-state index contributed by atoms with van der Waals surface area (Å²) in [4.78, 5) is 12.1. The van der Waals surface area contributed by atoms with E-state index in [9.17, 15) is 0 Å². The number of para-hydroxylation sites is 1. The molecule has 7 heteroatoms. The number of nitrogens with zero attached hydrogens (tertiary/aromatic N) is 3. The van der Waals surface area contributed by atoms with Gasteiger partial charge in [0.25, 0.3) is 0 Å². The number of amidine groups is 1. The van der Waals surface area contributed by atoms with Gasteiger partial charge in [-0.3, -0.25) is 9.71 Å². The highest BCUT2D eigenvalue weighted by Gasteiger charge is 2.12. The Labute approximate surface area is 246 Å². The van der Waals surface area contributed by atoms with Crippen molar-refractivity contribution in [2.24, 2.45) is 21.6 Å². The molecule has 0 saturated heterocycles. The minimum atomic E-state index is 0.233. The van der Waals surface area contributed by atoms with Crippen LogP contribution in [-0.4, -0.2) is 39.0 Å². The molecule has 3 aromatic carbocycles. The van der Waals surface area contributed by atoms with E-state index in [0.29, 0.717) is 5.96 Å². The molecule has 1 aliphatic heterocycles. The molecule has 6 nitrogen and oxygen atoms in total. The van der Waals surface area contributed by atoms with Crippen LogP contribution in [0.15, 0.2) is 75.5 Å². The number of hydrogen-bond donors (Lipinski definition) is 3. The van der Waals surface area contributed by atoms with Crippen molar-refractivity contribution in [3.8, 4) is 0 Å². The molecule has 0 radical (unpaired) electrons. The van der Waals surface area contributed by atoms with Gasteiger partial charge >= 0.3 is 0 Å². The fourth-order valence-corrected chi connectivity index (χ4v) is 5.79. The van der Waals surface area contributed by atoms with Gasteiger partial charge in [0.2, 0.25) is 0 Å². The van der Waals surface area contributed by atoms with E-state index in [1.807, 2.05) is 39.1 Å². The van der Waals surface area contributed by atoms with Crippen molar-refractivity contribution < 1.29 is 0 Å². The topological polar surface area (TPSA) is 78.0 Å². The number of hydrogen-bond acceptors (Lipinski definition) is 6. The van der Waals surface area contributed by atoms with Crippen LogP contribution in [-0.2, 0) is 6.42 Å². The first kappa shape index (κ1) is 31.5. The Kier molecular flexibility index (Phi) is 12.8. The lowest BCUT2D eigenvalue weighted by molar-refractivity contribution is 0.349. The first-order chi connectivity index (χ1) is 19.3. The molecule has 3 aromatic rings. The molecule has 0 unspecified atom stereocenters. The Bertz CT molecular complexity index is 1260. The minimum Gasteiger partial charge on any atom is -0.377 e. The van der Waals surface area contributed by atoms with E-state index in [4.69, 9.17) is 5.73 Å². The van der Waals surface area contributed by atoms with Gasteiger partial charge < -0.3 is 16.0 Å². The second kappa shape index (κ2) is 16.3. The molecule has 0 aromatic heterocycles. The van der Waals surface area contributed by atoms with Crippen molar-refractivity contribution in [3.05, 3.63) is 66.2 Å². The standard InChI is InChI=1S/C13H16N2S.C12H16N4.C8H16/c1-14-16-13-9-5-6-10-11(13)7-4-8-12(10)15(2)3;1-8(2)14-11-7-9-5-3-4-6-10(9)15-12(13)16-11;1-2-8-6-4-3-5-7-8/h4-9,14H,1-3H3;3-6,8H,7H2,1-2H3,(H3,13,14,15,16);8H,2-7H2,1H3. The molecule has 1 fully saturated rings. The third kappa shape index (κ3) is 9.56. The van der Waals surface area contributed by atoms with Gasteiger partial charge in [0.1, 0.15) is 5.84 Å². The summed E-state index contributed by atoms with van der Waals surface area (Å²) in [5.41, 5.74) is 9.22. The monoisotopic (exact) mass is 560 g/mol. The van der Waals surface area contributed by atoms with Crippen LogP contribution >= 0.6 is 11.9 Å². The van der Waals surface area contributed by atoms with Crippen LogP contribution in [0.3, 0.4) is 0 Å². The van der Waals surface area contributed by atoms with Crippen molar-refractivity contribution in [3.63, 3.8) is 0 Å². The van der Waals surface area contributed by atoms with Crippen LogP contribution in [0, 0.1) is 5.92 Å². The molecule has 40 heavy (non-hydrogen) atoms. The Hall–Kier alpha value is -3.03. The van der Waals surface area contributed by atoms with Crippen LogP contribution in [0.5, 0.6) is 0 Å². The van der Waals surface area contributed by atoms with E-state index in [1.54, 1.807) is 11.9 Å². The predicted molar refractivity (Wildman–Crippen MR) is 178 cm³/mol. The molecule has 0 atom stereocenters. The van der Waals surface area contributed by atoms with Gasteiger partial charge in [-0.15, -0.1) is 0 Å². The molecule has 0 bridgehead atoms. The number of nitrogens with one attached hydrogen (secondary N) is 2. The summed E-state index contributed by atoms with van der Waals surface area (Å²) in [5.74, 6) is 2.28. The Morgan fingerprint density at radius 2 is 1.70 bits per heavy atom. The number of anilines is 2. The fourth-order valence-electron chi connectivity index (χ4n) is 5.13. The van der Waals surface area contributed by atoms with E-state index >= 15 is 0 Å². The van der Waals surface area contributed by atoms with Crippen molar-refractivity contribution in [1.82, 2.24) is 4.72 Å². The summed E-state index contributed by atoms with van der Waals surface area (Å²) in [5, 5.41) is 5.67. The SMILES string of the molecule is CC(C)N=C1Cc2ccccc2NC(N)=N1.CCC1CCCCC1.CNSc1cccc2c(N(C)C)cccc12. The smallest absolute Gasteiger partial charge is 0.199 e. The zero-order valence-corrected chi connectivity index (χ0v) is 26.0. The molecule has 1 heterocycles. The third-order valence-electron chi connectivity index (χ3n) is 7.14. The number of aliphatic imine (C=N–C) groups is 2. The minimum absolute atomic E-state index is 0.233. The van der Waals surface area contributed by atoms with Gasteiger partial charge in [0, 0.05) is 48.2 Å². The van der Waals surface area contributed by atoms with Crippen molar-refractivity contribution in [2.45, 2.75) is 76.7 Å². The highest BCUT2D eigenvalue weighted by molar-refractivity contribution is 7.97. The Balaban J connectivity index is 0.000000175. The maximum Gasteiger partial charge on any atom is 0.199 e. The Morgan fingerprint density at radius 3 is 2.35 bits per heavy atom. The maximum atomic E-state index is 5.77. The third-order valence-corrected chi connectivity index (χ3v) is 7.92. The largest absolute Gasteiger partial charge is 0.377 e. The maximum absolute atomic E-state index is 5.77. The van der Waals surface area contributed by atoms with E-state index in [2.05, 4.69) is 88.4 Å². The van der Waals surface area contributed by atoms with Gasteiger partial charge in [-0.25, -0.2) is 0 Å². The van der Waals surface area contributed by atoms with Gasteiger partial charge in [-0.05, 0) is 67.9 Å². The first-order valence-electron chi connectivity index (χ1n) is 14.6. The number of rotatable bonds is 5. The summed E-state index contributed by atoms with van der Waals surface area (Å²) in [7, 11) is 6.10. The number of fused-ring (bicyclic) bond motifs is 2. The molecular weight excluding hydrogens is 512 g/mol. The summed E-state index contributed by atoms with van der Waals surface area (Å²) < 4.78 is 3.13. The number of benzene rings is 3. The first-order valence-corrected chi connectivity index (χ1v) is 15.4. The second-order valence-corrected chi connectivity index (χ2v) is 11.9. The van der Waals surface area contributed by atoms with Crippen LogP contribution in [0.1, 0.15) is 64.9 Å². The second-order valence-electron chi connectivity index (χ2n) is 10.8. The molecule has 2 aliphatic rings. The number of nitrogens with two attached hydrogens (primary N) is 1. The molecule has 216 valence electrons. The molecule has 1 saturated carbocycles. The molecule has 5 rings (SSSR count). The average Bonchev–Trinajstić information content (AvgIpc) is 3.10. The van der Waals surface area contributed by atoms with Crippen molar-refractivity contribution in [1.29, 1.82) is 0 Å². The zero-order valence-electron chi connectivity index (χ0n) is 25.2. The van der Waals surface area contributed by atoms with E-state index in [-0.39, 0.29) is 6.04 Å². The summed E-state index contributed by atoms with van der Waals surface area (Å²) in [6.07, 6.45) is 9.66. The summed E-state index contributed by atoms with van der Waals surface area (Å²) in [6.45, 7) is 6.38. The van der Waals surface area contributed by atoms with Crippen molar-refractivity contribution in [2.75, 3.05) is 31.4 Å². The average molecular weight is 561 g/mol. The predicted octanol–water partition coefficient (Wildman–Crippen LogP) is 7.89. The van der Waals surface area contributed by atoms with Gasteiger partial charge in [0.05, 0.1) is 0 Å². The summed E-state index contributed by atoms with van der Waals surface area (Å²) in [6, 6.07) is 21.1. The quantitative estimate of drug-likeness (QED) is 0.277. The highest BCUT2D eigenvalue weighted by atomic mass is 32.2. The molecule has 0 amide bonds. The van der Waals surface area contributed by atoms with Crippen LogP contribution in [0.4, 0.5) is 11.4 Å². The normalized spacial score (nSPS) is 16.1. The fraction of sp³-hybridized carbons (Fsp3) is 0.455. The van der Waals surface area contributed by atoms with Crippen LogP contribution in [0.25, 0.3) is 10.8 Å². The number of guanidine groups is 1. The van der Waals surface area contributed by atoms with Gasteiger partial charge in [-0.1, -0.05) is 87.9 Å². The van der Waals surface area contributed by atoms with Gasteiger partial charge in [0.15, 0.2) is 5.96 Å². The molecule has 1 aliphatic carbocycles. The molecular formula is C33H48N6S.